The van der Waals surface area contributed by atoms with Gasteiger partial charge >= 0.3 is 5.54 Å². The second-order valence-corrected chi connectivity index (χ2v) is 4.92. The molecule has 0 atom stereocenters. The molecule has 0 unspecified atom stereocenters. The third-order valence-electron chi connectivity index (χ3n) is 3.74. The zero-order valence-corrected chi connectivity index (χ0v) is 14.2. The number of rotatable bonds is 3. The Hall–Kier alpha value is -2.16. The molecule has 0 spiro atoms. The molecular formula is C20H15NPt. The predicted molar refractivity (Wildman–Crippen MR) is 85.8 cm³/mol. The maximum Gasteiger partial charge on any atom is 0.307 e. The third-order valence-corrected chi connectivity index (χ3v) is 3.74. The molecule has 0 amide bonds. The Morgan fingerprint density at radius 1 is 0.545 bits per heavy atom. The van der Waals surface area contributed by atoms with Crippen molar-refractivity contribution in [2.45, 2.75) is 5.54 Å². The van der Waals surface area contributed by atoms with E-state index in [1.54, 1.807) is 0 Å². The fraction of sp³-hybridized carbons (Fsp3) is 0.0500. The molecule has 110 valence electrons. The van der Waals surface area contributed by atoms with Crippen molar-refractivity contribution in [3.05, 3.63) is 119 Å². The van der Waals surface area contributed by atoms with Crippen LogP contribution in [0.15, 0.2) is 91.0 Å². The van der Waals surface area contributed by atoms with Crippen molar-refractivity contribution in [3.63, 3.8) is 0 Å². The normalized spacial score (nSPS) is 10.3. The average Bonchev–Trinajstić information content (AvgIpc) is 2.59. The van der Waals surface area contributed by atoms with Crippen molar-refractivity contribution < 1.29 is 21.1 Å². The van der Waals surface area contributed by atoms with Gasteiger partial charge in [-0.25, -0.2) is 6.57 Å². The van der Waals surface area contributed by atoms with E-state index >= 15 is 0 Å². The van der Waals surface area contributed by atoms with Crippen LogP contribution >= 0.6 is 0 Å². The minimum atomic E-state index is -0.788. The summed E-state index contributed by atoms with van der Waals surface area (Å²) >= 11 is 0. The van der Waals surface area contributed by atoms with Gasteiger partial charge in [0, 0.05) is 37.8 Å². The molecule has 0 fully saturated rings. The molecule has 0 aliphatic rings. The van der Waals surface area contributed by atoms with Crippen molar-refractivity contribution in [1.82, 2.24) is 0 Å². The van der Waals surface area contributed by atoms with E-state index in [-0.39, 0.29) is 21.1 Å². The second kappa shape index (κ2) is 7.21. The fourth-order valence-electron chi connectivity index (χ4n) is 2.73. The van der Waals surface area contributed by atoms with Gasteiger partial charge in [-0.05, 0) is 0 Å². The van der Waals surface area contributed by atoms with Crippen LogP contribution in [0.25, 0.3) is 4.85 Å². The van der Waals surface area contributed by atoms with Crippen LogP contribution in [0, 0.1) is 6.57 Å². The van der Waals surface area contributed by atoms with Crippen molar-refractivity contribution in [2.75, 3.05) is 0 Å². The van der Waals surface area contributed by atoms with Crippen LogP contribution in [0.2, 0.25) is 0 Å². The van der Waals surface area contributed by atoms with E-state index in [1.165, 1.54) is 0 Å². The monoisotopic (exact) mass is 464 g/mol. The van der Waals surface area contributed by atoms with Crippen molar-refractivity contribution in [3.8, 4) is 0 Å². The Kier molecular flexibility index (Phi) is 5.31. The van der Waals surface area contributed by atoms with E-state index in [9.17, 15) is 0 Å². The predicted octanol–water partition coefficient (Wildman–Crippen LogP) is 4.90. The largest absolute Gasteiger partial charge is 0.307 e. The summed E-state index contributed by atoms with van der Waals surface area (Å²) in [5, 5.41) is 0. The van der Waals surface area contributed by atoms with Crippen molar-refractivity contribution in [1.29, 1.82) is 0 Å². The molecule has 0 aliphatic carbocycles. The minimum absolute atomic E-state index is 0. The standard InChI is InChI=1S/C20H15N.Pt/c1-21-20(17-11-5-2-6-12-17,18-13-7-3-8-14-18)19-15-9-4-10-16-19;/h2-16H;. The summed E-state index contributed by atoms with van der Waals surface area (Å²) in [6.45, 7) is 7.95. The van der Waals surface area contributed by atoms with Crippen molar-refractivity contribution >= 4 is 0 Å². The second-order valence-electron chi connectivity index (χ2n) is 4.92. The molecule has 0 saturated carbocycles. The molecule has 0 aromatic heterocycles. The van der Waals surface area contributed by atoms with Gasteiger partial charge in [0.05, 0.1) is 0 Å². The van der Waals surface area contributed by atoms with Crippen LogP contribution in [-0.2, 0) is 26.6 Å². The SMILES string of the molecule is [C-]#[N+]C(c1ccccc1)(c1ccccc1)c1ccccc1.[Pt]. The summed E-state index contributed by atoms with van der Waals surface area (Å²) in [6.07, 6.45) is 0. The molecule has 0 saturated heterocycles. The summed E-state index contributed by atoms with van der Waals surface area (Å²) < 4.78 is 0. The molecule has 1 nitrogen and oxygen atoms in total. The van der Waals surface area contributed by atoms with E-state index in [0.29, 0.717) is 0 Å². The average molecular weight is 464 g/mol. The van der Waals surface area contributed by atoms with Gasteiger partial charge in [-0.15, -0.1) is 0 Å². The van der Waals surface area contributed by atoms with Crippen LogP contribution < -0.4 is 0 Å². The molecule has 3 aromatic carbocycles. The first-order valence-electron chi connectivity index (χ1n) is 6.93. The number of benzene rings is 3. The molecule has 0 radical (unpaired) electrons. The summed E-state index contributed by atoms with van der Waals surface area (Å²) in [5.74, 6) is 0. The van der Waals surface area contributed by atoms with Gasteiger partial charge in [0.25, 0.3) is 0 Å². The van der Waals surface area contributed by atoms with Gasteiger partial charge in [-0.1, -0.05) is 91.0 Å². The Balaban J connectivity index is 0.00000176. The Bertz CT molecular complexity index is 649. The van der Waals surface area contributed by atoms with Crippen LogP contribution in [-0.4, -0.2) is 0 Å². The first kappa shape index (κ1) is 16.2. The van der Waals surface area contributed by atoms with E-state index in [1.807, 2.05) is 91.0 Å². The van der Waals surface area contributed by atoms with E-state index in [4.69, 9.17) is 6.57 Å². The zero-order valence-electron chi connectivity index (χ0n) is 11.9. The van der Waals surface area contributed by atoms with Crippen LogP contribution in [0.1, 0.15) is 16.7 Å². The third kappa shape index (κ3) is 2.76. The molecule has 0 heterocycles. The molecule has 0 bridgehead atoms. The van der Waals surface area contributed by atoms with Crippen LogP contribution in [0.4, 0.5) is 0 Å². The van der Waals surface area contributed by atoms with Gasteiger partial charge in [0.15, 0.2) is 0 Å². The van der Waals surface area contributed by atoms with Gasteiger partial charge < -0.3 is 0 Å². The smallest absolute Gasteiger partial charge is 0.295 e. The molecule has 3 aromatic rings. The molecule has 0 N–H and O–H groups in total. The summed E-state index contributed by atoms with van der Waals surface area (Å²) in [4.78, 5) is 4.08. The topological polar surface area (TPSA) is 4.36 Å². The summed E-state index contributed by atoms with van der Waals surface area (Å²) in [7, 11) is 0. The summed E-state index contributed by atoms with van der Waals surface area (Å²) in [6, 6.07) is 30.0. The Morgan fingerprint density at radius 3 is 1.05 bits per heavy atom. The van der Waals surface area contributed by atoms with Crippen LogP contribution in [0.3, 0.4) is 0 Å². The van der Waals surface area contributed by atoms with Gasteiger partial charge in [0.1, 0.15) is 0 Å². The Labute approximate surface area is 145 Å². The number of hydrogen-bond donors (Lipinski definition) is 0. The quantitative estimate of drug-likeness (QED) is 0.384. The molecular weight excluding hydrogens is 449 g/mol. The first-order valence-corrected chi connectivity index (χ1v) is 6.93. The fourth-order valence-corrected chi connectivity index (χ4v) is 2.73. The summed E-state index contributed by atoms with van der Waals surface area (Å²) in [5.41, 5.74) is 2.20. The minimum Gasteiger partial charge on any atom is -0.295 e. The number of nitrogens with zero attached hydrogens (tertiary/aromatic N) is 1. The molecule has 3 rings (SSSR count). The molecule has 0 aliphatic heterocycles. The zero-order chi connectivity index (χ0) is 14.5. The van der Waals surface area contributed by atoms with Crippen LogP contribution in [0.5, 0.6) is 0 Å². The Morgan fingerprint density at radius 2 is 0.818 bits per heavy atom. The van der Waals surface area contributed by atoms with E-state index in [2.05, 4.69) is 4.85 Å². The number of hydrogen-bond acceptors (Lipinski definition) is 0. The maximum absolute atomic E-state index is 7.95. The van der Waals surface area contributed by atoms with Gasteiger partial charge in [-0.3, -0.25) is 4.85 Å². The molecule has 22 heavy (non-hydrogen) atoms. The first-order chi connectivity index (χ1) is 10.4. The van der Waals surface area contributed by atoms with Gasteiger partial charge in [-0.2, -0.15) is 0 Å². The molecule has 2 heteroatoms. The van der Waals surface area contributed by atoms with Crippen molar-refractivity contribution in [2.24, 2.45) is 0 Å². The van der Waals surface area contributed by atoms with E-state index < -0.39 is 5.54 Å². The maximum atomic E-state index is 7.95. The van der Waals surface area contributed by atoms with Gasteiger partial charge in [0.2, 0.25) is 0 Å². The van der Waals surface area contributed by atoms with E-state index in [0.717, 1.165) is 16.7 Å².